The molecule has 1 atom stereocenters. The number of hydrogen-bond acceptors (Lipinski definition) is 6. The van der Waals surface area contributed by atoms with E-state index in [4.69, 9.17) is 0 Å². The second-order valence-electron chi connectivity index (χ2n) is 6.96. The highest BCUT2D eigenvalue weighted by Crippen LogP contribution is 2.28. The number of anilines is 2. The average molecular weight is 373 g/mol. The van der Waals surface area contributed by atoms with Crippen molar-refractivity contribution in [3.63, 3.8) is 0 Å². The number of benzene rings is 1. The molecule has 8 heteroatoms. The van der Waals surface area contributed by atoms with Crippen LogP contribution in [0.3, 0.4) is 0 Å². The van der Waals surface area contributed by atoms with Gasteiger partial charge in [-0.25, -0.2) is 0 Å². The summed E-state index contributed by atoms with van der Waals surface area (Å²) in [6.07, 6.45) is -0.246. The van der Waals surface area contributed by atoms with Crippen LogP contribution in [0.1, 0.15) is 49.0 Å². The van der Waals surface area contributed by atoms with Crippen LogP contribution in [0.2, 0.25) is 0 Å². The molecular weight excluding hydrogens is 350 g/mol. The summed E-state index contributed by atoms with van der Waals surface area (Å²) in [6, 6.07) is 7.36. The fourth-order valence-electron chi connectivity index (χ4n) is 2.84. The van der Waals surface area contributed by atoms with Crippen molar-refractivity contribution < 1.29 is 9.59 Å². The maximum atomic E-state index is 12.9. The first kappa shape index (κ1) is 18.3. The first-order valence-electron chi connectivity index (χ1n) is 8.66. The highest BCUT2D eigenvalue weighted by molar-refractivity contribution is 7.15. The Balaban J connectivity index is 1.75. The Morgan fingerprint density at radius 1 is 1.27 bits per heavy atom. The number of nitrogens with zero attached hydrogens (tertiary/aromatic N) is 3. The topological polar surface area (TPSA) is 87.2 Å². The summed E-state index contributed by atoms with van der Waals surface area (Å²) in [5.74, 6) is -0.0213. The number of carbonyl (C=O) groups excluding carboxylic acids is 2. The van der Waals surface area contributed by atoms with Crippen LogP contribution in [0.25, 0.3) is 0 Å². The van der Waals surface area contributed by atoms with E-state index in [-0.39, 0.29) is 36.4 Å². The standard InChI is InChI=1S/C18H23N5O2S/c1-10(2)15-19-13-8-6-5-7-12(13)17(25)23(15)9-14(24)20-18-22-21-16(26-18)11(3)4/h5-8,10-11,15,19H,9H2,1-4H3,(H,20,22,24)/t15-/m0/s1. The van der Waals surface area contributed by atoms with Crippen LogP contribution in [0, 0.1) is 5.92 Å². The van der Waals surface area contributed by atoms with Gasteiger partial charge in [-0.05, 0) is 18.1 Å². The molecular formula is C18H23N5O2S. The molecule has 1 aliphatic rings. The second kappa shape index (κ2) is 7.41. The highest BCUT2D eigenvalue weighted by Gasteiger charge is 2.34. The molecule has 3 rings (SSSR count). The fraction of sp³-hybridized carbons (Fsp3) is 0.444. The smallest absolute Gasteiger partial charge is 0.258 e. The quantitative estimate of drug-likeness (QED) is 0.841. The largest absolute Gasteiger partial charge is 0.364 e. The summed E-state index contributed by atoms with van der Waals surface area (Å²) >= 11 is 1.35. The molecule has 2 N–H and O–H groups in total. The molecule has 7 nitrogen and oxygen atoms in total. The third-order valence-electron chi connectivity index (χ3n) is 4.18. The van der Waals surface area contributed by atoms with Gasteiger partial charge in [0, 0.05) is 11.6 Å². The molecule has 0 unspecified atom stereocenters. The molecule has 26 heavy (non-hydrogen) atoms. The van der Waals surface area contributed by atoms with Crippen LogP contribution >= 0.6 is 11.3 Å². The first-order valence-corrected chi connectivity index (χ1v) is 9.48. The van der Waals surface area contributed by atoms with Crippen molar-refractivity contribution in [2.75, 3.05) is 17.2 Å². The molecule has 0 radical (unpaired) electrons. The lowest BCUT2D eigenvalue weighted by atomic mass is 10.0. The molecule has 0 spiro atoms. The molecule has 1 aromatic heterocycles. The zero-order chi connectivity index (χ0) is 18.8. The highest BCUT2D eigenvalue weighted by atomic mass is 32.1. The van der Waals surface area contributed by atoms with Crippen LogP contribution in [-0.4, -0.2) is 39.6 Å². The van der Waals surface area contributed by atoms with Crippen LogP contribution in [0.15, 0.2) is 24.3 Å². The van der Waals surface area contributed by atoms with Crippen molar-refractivity contribution in [3.8, 4) is 0 Å². The predicted octanol–water partition coefficient (Wildman–Crippen LogP) is 3.15. The van der Waals surface area contributed by atoms with E-state index in [0.717, 1.165) is 10.7 Å². The molecule has 2 amide bonds. The molecule has 0 bridgehead atoms. The molecule has 0 aliphatic carbocycles. The van der Waals surface area contributed by atoms with Crippen LogP contribution in [-0.2, 0) is 4.79 Å². The Labute approximate surface area is 156 Å². The molecule has 1 aliphatic heterocycles. The third kappa shape index (κ3) is 3.70. The monoisotopic (exact) mass is 373 g/mol. The minimum atomic E-state index is -0.281. The van der Waals surface area contributed by atoms with Gasteiger partial charge in [-0.15, -0.1) is 10.2 Å². The zero-order valence-electron chi connectivity index (χ0n) is 15.3. The minimum absolute atomic E-state index is 0.0421. The Hall–Kier alpha value is -2.48. The van der Waals surface area contributed by atoms with Gasteiger partial charge >= 0.3 is 0 Å². The zero-order valence-corrected chi connectivity index (χ0v) is 16.1. The van der Waals surface area contributed by atoms with Crippen molar-refractivity contribution in [1.82, 2.24) is 15.1 Å². The van der Waals surface area contributed by atoms with Gasteiger partial charge in [0.2, 0.25) is 11.0 Å². The van der Waals surface area contributed by atoms with Gasteiger partial charge in [0.25, 0.3) is 5.91 Å². The van der Waals surface area contributed by atoms with E-state index in [9.17, 15) is 9.59 Å². The SMILES string of the molecule is CC(C)c1nnc(NC(=O)CN2C(=O)c3ccccc3N[C@@H]2C(C)C)s1. The molecule has 1 aromatic carbocycles. The van der Waals surface area contributed by atoms with E-state index in [1.165, 1.54) is 11.3 Å². The molecule has 2 heterocycles. The Morgan fingerprint density at radius 3 is 2.65 bits per heavy atom. The third-order valence-corrected chi connectivity index (χ3v) is 5.32. The van der Waals surface area contributed by atoms with Crippen molar-refractivity contribution in [3.05, 3.63) is 34.8 Å². The predicted molar refractivity (Wildman–Crippen MR) is 102 cm³/mol. The van der Waals surface area contributed by atoms with Gasteiger partial charge < -0.3 is 10.2 Å². The van der Waals surface area contributed by atoms with Gasteiger partial charge in [-0.2, -0.15) is 0 Å². The Bertz CT molecular complexity index is 817. The Morgan fingerprint density at radius 2 is 2.00 bits per heavy atom. The van der Waals surface area contributed by atoms with E-state index in [0.29, 0.717) is 10.7 Å². The van der Waals surface area contributed by atoms with Crippen LogP contribution in [0.4, 0.5) is 10.8 Å². The second-order valence-corrected chi connectivity index (χ2v) is 7.97. The molecule has 0 saturated heterocycles. The lowest BCUT2D eigenvalue weighted by Crippen LogP contribution is -2.53. The first-order chi connectivity index (χ1) is 12.4. The number of fused-ring (bicyclic) bond motifs is 1. The summed E-state index contributed by atoms with van der Waals surface area (Å²) in [7, 11) is 0. The lowest BCUT2D eigenvalue weighted by Gasteiger charge is -2.39. The van der Waals surface area contributed by atoms with Crippen molar-refractivity contribution >= 4 is 34.0 Å². The minimum Gasteiger partial charge on any atom is -0.364 e. The normalized spacial score (nSPS) is 16.6. The van der Waals surface area contributed by atoms with Crippen LogP contribution < -0.4 is 10.6 Å². The van der Waals surface area contributed by atoms with Crippen LogP contribution in [0.5, 0.6) is 0 Å². The molecule has 138 valence electrons. The van der Waals surface area contributed by atoms with Crippen molar-refractivity contribution in [2.24, 2.45) is 5.92 Å². The summed E-state index contributed by atoms with van der Waals surface area (Å²) < 4.78 is 0. The summed E-state index contributed by atoms with van der Waals surface area (Å²) in [5.41, 5.74) is 1.38. The molecule has 0 fully saturated rings. The summed E-state index contributed by atoms with van der Waals surface area (Å²) in [4.78, 5) is 27.0. The van der Waals surface area contributed by atoms with E-state index in [1.807, 2.05) is 45.9 Å². The summed E-state index contributed by atoms with van der Waals surface area (Å²) in [5, 5.41) is 15.5. The van der Waals surface area contributed by atoms with Crippen molar-refractivity contribution in [2.45, 2.75) is 39.8 Å². The fourth-order valence-corrected chi connectivity index (χ4v) is 3.60. The lowest BCUT2D eigenvalue weighted by molar-refractivity contribution is -0.117. The Kier molecular flexibility index (Phi) is 5.22. The number of nitrogens with one attached hydrogen (secondary N) is 2. The van der Waals surface area contributed by atoms with E-state index in [2.05, 4.69) is 20.8 Å². The molecule has 0 saturated carbocycles. The van der Waals surface area contributed by atoms with Gasteiger partial charge in [0.1, 0.15) is 17.7 Å². The summed E-state index contributed by atoms with van der Waals surface area (Å²) in [6.45, 7) is 8.04. The number of carbonyl (C=O) groups is 2. The maximum absolute atomic E-state index is 12.9. The maximum Gasteiger partial charge on any atom is 0.258 e. The van der Waals surface area contributed by atoms with Gasteiger partial charge in [0.05, 0.1) is 5.56 Å². The number of rotatable bonds is 5. The number of amides is 2. The van der Waals surface area contributed by atoms with E-state index in [1.54, 1.807) is 11.0 Å². The van der Waals surface area contributed by atoms with E-state index < -0.39 is 0 Å². The molecule has 2 aromatic rings. The average Bonchev–Trinajstić information content (AvgIpc) is 3.05. The number of hydrogen-bond donors (Lipinski definition) is 2. The van der Waals surface area contributed by atoms with Gasteiger partial charge in [-0.3, -0.25) is 14.9 Å². The number of aromatic nitrogens is 2. The number of para-hydroxylation sites is 1. The van der Waals surface area contributed by atoms with Gasteiger partial charge in [-0.1, -0.05) is 51.2 Å². The van der Waals surface area contributed by atoms with E-state index >= 15 is 0 Å². The van der Waals surface area contributed by atoms with Gasteiger partial charge in [0.15, 0.2) is 0 Å². The van der Waals surface area contributed by atoms with Crippen molar-refractivity contribution in [1.29, 1.82) is 0 Å².